The maximum atomic E-state index is 12.0. The van der Waals surface area contributed by atoms with Crippen molar-refractivity contribution >= 4 is 17.9 Å². The van der Waals surface area contributed by atoms with Gasteiger partial charge in [0.05, 0.1) is 14.2 Å². The van der Waals surface area contributed by atoms with Crippen molar-refractivity contribution in [3.05, 3.63) is 23.8 Å². The zero-order chi connectivity index (χ0) is 17.4. The van der Waals surface area contributed by atoms with E-state index in [9.17, 15) is 14.4 Å². The molecule has 0 saturated carbocycles. The number of rotatable bonds is 6. The molecule has 0 aliphatic heterocycles. The summed E-state index contributed by atoms with van der Waals surface area (Å²) >= 11 is 0. The second-order valence-electron chi connectivity index (χ2n) is 4.79. The van der Waals surface area contributed by atoms with Crippen LogP contribution < -0.4 is 20.1 Å². The number of benzene rings is 1. The fraction of sp³-hybridized carbons (Fsp3) is 0.400. The van der Waals surface area contributed by atoms with Gasteiger partial charge in [-0.1, -0.05) is 6.07 Å². The van der Waals surface area contributed by atoms with Crippen molar-refractivity contribution in [1.82, 2.24) is 10.6 Å². The molecule has 1 aromatic rings. The quantitative estimate of drug-likeness (QED) is 0.760. The molecular formula is C15H20N2O6. The molecule has 0 fully saturated rings. The van der Waals surface area contributed by atoms with E-state index in [4.69, 9.17) is 14.2 Å². The number of urea groups is 1. The second-order valence-corrected chi connectivity index (χ2v) is 4.79. The molecule has 0 bridgehead atoms. The molecule has 8 heteroatoms. The number of imide groups is 1. The highest BCUT2D eigenvalue weighted by atomic mass is 16.5. The lowest BCUT2D eigenvalue weighted by molar-refractivity contribution is -0.123. The Balaban J connectivity index is 2.64. The minimum atomic E-state index is -0.764. The Morgan fingerprint density at radius 1 is 1.13 bits per heavy atom. The highest BCUT2D eigenvalue weighted by Crippen LogP contribution is 2.30. The zero-order valence-electron chi connectivity index (χ0n) is 13.5. The van der Waals surface area contributed by atoms with Crippen molar-refractivity contribution in [1.29, 1.82) is 0 Å². The molecule has 1 rings (SSSR count). The first-order chi connectivity index (χ1) is 10.9. The van der Waals surface area contributed by atoms with Gasteiger partial charge in [-0.05, 0) is 26.0 Å². The number of para-hydroxylation sites is 1. The highest BCUT2D eigenvalue weighted by molar-refractivity contribution is 5.98. The van der Waals surface area contributed by atoms with Gasteiger partial charge in [0.1, 0.15) is 5.56 Å². The summed E-state index contributed by atoms with van der Waals surface area (Å²) in [6.45, 7) is 2.91. The maximum absolute atomic E-state index is 12.0. The first-order valence-electron chi connectivity index (χ1n) is 6.87. The van der Waals surface area contributed by atoms with Gasteiger partial charge in [0, 0.05) is 6.04 Å². The van der Waals surface area contributed by atoms with Gasteiger partial charge in [0.2, 0.25) is 0 Å². The normalized spacial score (nSPS) is 9.96. The van der Waals surface area contributed by atoms with Gasteiger partial charge in [-0.15, -0.1) is 0 Å². The Labute approximate surface area is 134 Å². The van der Waals surface area contributed by atoms with Crippen LogP contribution in [0.3, 0.4) is 0 Å². The van der Waals surface area contributed by atoms with Crippen LogP contribution in [0.15, 0.2) is 18.2 Å². The van der Waals surface area contributed by atoms with Gasteiger partial charge >= 0.3 is 12.0 Å². The zero-order valence-corrected chi connectivity index (χ0v) is 13.5. The van der Waals surface area contributed by atoms with Gasteiger partial charge < -0.3 is 19.5 Å². The summed E-state index contributed by atoms with van der Waals surface area (Å²) in [7, 11) is 2.82. The lowest BCUT2D eigenvalue weighted by atomic mass is 10.2. The topological polar surface area (TPSA) is 103 Å². The molecule has 8 nitrogen and oxygen atoms in total. The van der Waals surface area contributed by atoms with E-state index in [0.717, 1.165) is 0 Å². The molecule has 0 aliphatic rings. The number of esters is 1. The molecule has 2 N–H and O–H groups in total. The average Bonchev–Trinajstić information content (AvgIpc) is 2.50. The molecule has 0 saturated heterocycles. The first kappa shape index (κ1) is 18.3. The summed E-state index contributed by atoms with van der Waals surface area (Å²) in [5.41, 5.74) is 0.117. The third-order valence-corrected chi connectivity index (χ3v) is 2.63. The number of carbonyl (C=O) groups excluding carboxylic acids is 3. The maximum Gasteiger partial charge on any atom is 0.342 e. The van der Waals surface area contributed by atoms with E-state index in [1.165, 1.54) is 20.3 Å². The summed E-state index contributed by atoms with van der Waals surface area (Å²) in [6.07, 6.45) is 0. The van der Waals surface area contributed by atoms with Crippen molar-refractivity contribution < 1.29 is 28.6 Å². The molecule has 0 heterocycles. The Morgan fingerprint density at radius 2 is 1.83 bits per heavy atom. The second kappa shape index (κ2) is 8.62. The van der Waals surface area contributed by atoms with Gasteiger partial charge in [-0.25, -0.2) is 9.59 Å². The van der Waals surface area contributed by atoms with Crippen molar-refractivity contribution in [2.45, 2.75) is 19.9 Å². The third kappa shape index (κ3) is 5.50. The van der Waals surface area contributed by atoms with E-state index in [1.807, 2.05) is 5.32 Å². The van der Waals surface area contributed by atoms with Crippen LogP contribution in [0.5, 0.6) is 11.5 Å². The molecule has 0 aromatic heterocycles. The van der Waals surface area contributed by atoms with Crippen LogP contribution in [0.1, 0.15) is 24.2 Å². The monoisotopic (exact) mass is 324 g/mol. The molecule has 0 atom stereocenters. The van der Waals surface area contributed by atoms with Crippen LogP contribution in [-0.2, 0) is 9.53 Å². The molecule has 126 valence electrons. The summed E-state index contributed by atoms with van der Waals surface area (Å²) in [5, 5.41) is 4.53. The molecule has 23 heavy (non-hydrogen) atoms. The Kier molecular flexibility index (Phi) is 6.85. The van der Waals surface area contributed by atoms with E-state index in [0.29, 0.717) is 5.75 Å². The summed E-state index contributed by atoms with van der Waals surface area (Å²) in [5.74, 6) is -0.931. The third-order valence-electron chi connectivity index (χ3n) is 2.63. The summed E-state index contributed by atoms with van der Waals surface area (Å²) < 4.78 is 15.1. The average molecular weight is 324 g/mol. The summed E-state index contributed by atoms with van der Waals surface area (Å²) in [6, 6.07) is 3.92. The van der Waals surface area contributed by atoms with E-state index < -0.39 is 24.5 Å². The number of carbonyl (C=O) groups is 3. The van der Waals surface area contributed by atoms with Gasteiger partial charge in [0.25, 0.3) is 5.91 Å². The van der Waals surface area contributed by atoms with Crippen molar-refractivity contribution in [3.8, 4) is 11.5 Å². The number of ether oxygens (including phenoxy) is 3. The van der Waals surface area contributed by atoms with E-state index >= 15 is 0 Å². The smallest absolute Gasteiger partial charge is 0.342 e. The van der Waals surface area contributed by atoms with Crippen LogP contribution in [0.2, 0.25) is 0 Å². The lowest BCUT2D eigenvalue weighted by Crippen LogP contribution is -2.44. The Bertz CT molecular complexity index is 585. The van der Waals surface area contributed by atoms with Crippen molar-refractivity contribution in [2.75, 3.05) is 20.8 Å². The molecule has 0 spiro atoms. The lowest BCUT2D eigenvalue weighted by Gasteiger charge is -2.12. The van der Waals surface area contributed by atoms with E-state index in [2.05, 4.69) is 5.32 Å². The van der Waals surface area contributed by atoms with Gasteiger partial charge in [0.15, 0.2) is 18.1 Å². The summed E-state index contributed by atoms with van der Waals surface area (Å²) in [4.78, 5) is 34.9. The minimum absolute atomic E-state index is 0.117. The van der Waals surface area contributed by atoms with Crippen LogP contribution in [0, 0.1) is 0 Å². The molecular weight excluding hydrogens is 304 g/mol. The molecule has 3 amide bonds. The van der Waals surface area contributed by atoms with Crippen LogP contribution in [0.25, 0.3) is 0 Å². The highest BCUT2D eigenvalue weighted by Gasteiger charge is 2.19. The Hall–Kier alpha value is -2.77. The SMILES string of the molecule is COc1cccc(C(=O)OCC(=O)NC(=O)NC(C)C)c1OC. The number of nitrogens with one attached hydrogen (secondary N) is 2. The predicted molar refractivity (Wildman–Crippen MR) is 81.6 cm³/mol. The fourth-order valence-corrected chi connectivity index (χ4v) is 1.72. The number of methoxy groups -OCH3 is 2. The van der Waals surface area contributed by atoms with E-state index in [1.54, 1.807) is 26.0 Å². The number of hydrogen-bond donors (Lipinski definition) is 2. The van der Waals surface area contributed by atoms with E-state index in [-0.39, 0.29) is 17.4 Å². The largest absolute Gasteiger partial charge is 0.493 e. The number of hydrogen-bond acceptors (Lipinski definition) is 6. The van der Waals surface area contributed by atoms with Crippen molar-refractivity contribution in [2.24, 2.45) is 0 Å². The molecule has 1 aromatic carbocycles. The number of amides is 3. The fourth-order valence-electron chi connectivity index (χ4n) is 1.72. The first-order valence-corrected chi connectivity index (χ1v) is 6.87. The molecule has 0 radical (unpaired) electrons. The van der Waals surface area contributed by atoms with Crippen LogP contribution in [-0.4, -0.2) is 44.8 Å². The van der Waals surface area contributed by atoms with Crippen LogP contribution in [0.4, 0.5) is 4.79 Å². The van der Waals surface area contributed by atoms with Gasteiger partial charge in [-0.2, -0.15) is 0 Å². The molecule has 0 aliphatic carbocycles. The Morgan fingerprint density at radius 3 is 2.39 bits per heavy atom. The van der Waals surface area contributed by atoms with Gasteiger partial charge in [-0.3, -0.25) is 10.1 Å². The standard InChI is InChI=1S/C15H20N2O6/c1-9(2)16-15(20)17-12(18)8-23-14(19)10-6-5-7-11(21-3)13(10)22-4/h5-7,9H,8H2,1-4H3,(H2,16,17,18,20). The van der Waals surface area contributed by atoms with Crippen LogP contribution >= 0.6 is 0 Å². The molecule has 0 unspecified atom stereocenters. The predicted octanol–water partition coefficient (Wildman–Crippen LogP) is 1.09. The van der Waals surface area contributed by atoms with Crippen molar-refractivity contribution in [3.63, 3.8) is 0 Å². The minimum Gasteiger partial charge on any atom is -0.493 e.